The first kappa shape index (κ1) is 10.6. The maximum absolute atomic E-state index is 5.97. The maximum Gasteiger partial charge on any atom is 0.0595 e. The molecule has 0 aromatic heterocycles. The van der Waals surface area contributed by atoms with Crippen LogP contribution in [0.2, 0.25) is 10.0 Å². The minimum absolute atomic E-state index is 0.218. The van der Waals surface area contributed by atoms with Crippen molar-refractivity contribution < 1.29 is 0 Å². The predicted octanol–water partition coefficient (Wildman–Crippen LogP) is 4.51. The van der Waals surface area contributed by atoms with Gasteiger partial charge >= 0.3 is 0 Å². The average Bonchev–Trinajstić information content (AvgIpc) is 2.83. The first-order valence-electron chi connectivity index (χ1n) is 4.59. The Morgan fingerprint density at radius 2 is 2.07 bits per heavy atom. The first-order valence-corrected chi connectivity index (χ1v) is 5.88. The van der Waals surface area contributed by atoms with Crippen LogP contribution in [0.4, 0.5) is 0 Å². The van der Waals surface area contributed by atoms with Crippen molar-refractivity contribution in [3.8, 4) is 0 Å². The molecule has 0 unspecified atom stereocenters. The van der Waals surface area contributed by atoms with Crippen LogP contribution in [-0.2, 0) is 5.41 Å². The van der Waals surface area contributed by atoms with Crippen LogP contribution in [0, 0.1) is 5.92 Å². The van der Waals surface area contributed by atoms with Crippen molar-refractivity contribution in [2.75, 3.05) is 5.88 Å². The van der Waals surface area contributed by atoms with Crippen molar-refractivity contribution >= 4 is 34.8 Å². The van der Waals surface area contributed by atoms with Crippen LogP contribution >= 0.6 is 34.8 Å². The molecular weight excluding hydrogens is 238 g/mol. The van der Waals surface area contributed by atoms with Gasteiger partial charge in [0.2, 0.25) is 0 Å². The molecule has 0 amide bonds. The molecule has 0 saturated heterocycles. The van der Waals surface area contributed by atoms with E-state index in [4.69, 9.17) is 34.8 Å². The monoisotopic (exact) mass is 248 g/mol. The molecule has 76 valence electrons. The molecule has 1 aromatic carbocycles. The molecule has 3 heteroatoms. The van der Waals surface area contributed by atoms with E-state index in [1.807, 2.05) is 18.2 Å². The van der Waals surface area contributed by atoms with Gasteiger partial charge in [-0.15, -0.1) is 11.6 Å². The van der Waals surface area contributed by atoms with Crippen LogP contribution in [0.3, 0.4) is 0 Å². The summed E-state index contributed by atoms with van der Waals surface area (Å²) in [5, 5.41) is 1.24. The Morgan fingerprint density at radius 3 is 2.57 bits per heavy atom. The third kappa shape index (κ3) is 1.64. The summed E-state index contributed by atoms with van der Waals surface area (Å²) < 4.78 is 0. The standard InChI is InChI=1S/C11H11Cl3/c1-11(5-8(11)6-12)7-2-3-9(13)10(14)4-7/h2-4,8H,5-6H2,1H3/t8-,11-/m1/s1. The molecule has 0 radical (unpaired) electrons. The molecule has 14 heavy (non-hydrogen) atoms. The summed E-state index contributed by atoms with van der Waals surface area (Å²) in [5.74, 6) is 1.30. The van der Waals surface area contributed by atoms with Crippen LogP contribution in [0.1, 0.15) is 18.9 Å². The summed E-state index contributed by atoms with van der Waals surface area (Å²) >= 11 is 17.7. The Labute approximate surface area is 99.2 Å². The zero-order valence-electron chi connectivity index (χ0n) is 7.86. The van der Waals surface area contributed by atoms with E-state index in [2.05, 4.69) is 6.92 Å². The number of halogens is 3. The summed E-state index contributed by atoms with van der Waals surface area (Å²) in [6, 6.07) is 5.85. The summed E-state index contributed by atoms with van der Waals surface area (Å²) in [6.07, 6.45) is 1.15. The molecule has 0 aliphatic heterocycles. The number of rotatable bonds is 2. The van der Waals surface area contributed by atoms with Gasteiger partial charge in [-0.2, -0.15) is 0 Å². The lowest BCUT2D eigenvalue weighted by Gasteiger charge is -2.11. The topological polar surface area (TPSA) is 0 Å². The third-order valence-electron chi connectivity index (χ3n) is 3.18. The molecule has 1 aliphatic rings. The summed E-state index contributed by atoms with van der Waals surface area (Å²) in [5.41, 5.74) is 1.47. The van der Waals surface area contributed by atoms with E-state index >= 15 is 0 Å². The van der Waals surface area contributed by atoms with Crippen molar-refractivity contribution in [3.05, 3.63) is 33.8 Å². The lowest BCUT2D eigenvalue weighted by Crippen LogP contribution is -2.04. The Hall–Kier alpha value is 0.0900. The fourth-order valence-electron chi connectivity index (χ4n) is 1.88. The van der Waals surface area contributed by atoms with Gasteiger partial charge in [0.25, 0.3) is 0 Å². The molecule has 1 fully saturated rings. The minimum Gasteiger partial charge on any atom is -0.126 e. The molecule has 0 nitrogen and oxygen atoms in total. The zero-order chi connectivity index (χ0) is 10.3. The van der Waals surface area contributed by atoms with Gasteiger partial charge in [-0.3, -0.25) is 0 Å². The number of alkyl halides is 1. The van der Waals surface area contributed by atoms with Gasteiger partial charge in [0.15, 0.2) is 0 Å². The highest BCUT2D eigenvalue weighted by atomic mass is 35.5. The van der Waals surface area contributed by atoms with Gasteiger partial charge in [-0.25, -0.2) is 0 Å². The van der Waals surface area contributed by atoms with Crippen molar-refractivity contribution in [1.82, 2.24) is 0 Å². The van der Waals surface area contributed by atoms with Gasteiger partial charge in [0, 0.05) is 5.88 Å². The molecular formula is C11H11Cl3. The highest BCUT2D eigenvalue weighted by molar-refractivity contribution is 6.42. The van der Waals surface area contributed by atoms with E-state index < -0.39 is 0 Å². The second kappa shape index (κ2) is 3.59. The Balaban J connectivity index is 2.31. The van der Waals surface area contributed by atoms with E-state index in [9.17, 15) is 0 Å². The van der Waals surface area contributed by atoms with Gasteiger partial charge in [-0.05, 0) is 35.4 Å². The lowest BCUT2D eigenvalue weighted by atomic mass is 9.96. The van der Waals surface area contributed by atoms with Crippen molar-refractivity contribution in [3.63, 3.8) is 0 Å². The Morgan fingerprint density at radius 1 is 1.36 bits per heavy atom. The second-order valence-corrected chi connectivity index (χ2v) is 5.22. The van der Waals surface area contributed by atoms with Crippen LogP contribution < -0.4 is 0 Å². The summed E-state index contributed by atoms with van der Waals surface area (Å²) in [6.45, 7) is 2.22. The van der Waals surface area contributed by atoms with E-state index in [1.165, 1.54) is 5.56 Å². The quantitative estimate of drug-likeness (QED) is 0.677. The molecule has 0 bridgehead atoms. The molecule has 1 aromatic rings. The van der Waals surface area contributed by atoms with Crippen LogP contribution in [0.5, 0.6) is 0 Å². The average molecular weight is 250 g/mol. The summed E-state index contributed by atoms with van der Waals surface area (Å²) in [4.78, 5) is 0. The fourth-order valence-corrected chi connectivity index (χ4v) is 2.63. The Bertz CT molecular complexity index is 362. The van der Waals surface area contributed by atoms with E-state index in [-0.39, 0.29) is 5.41 Å². The van der Waals surface area contributed by atoms with Gasteiger partial charge in [0.05, 0.1) is 10.0 Å². The molecule has 2 rings (SSSR count). The van der Waals surface area contributed by atoms with Crippen molar-refractivity contribution in [1.29, 1.82) is 0 Å². The molecule has 0 heterocycles. The number of hydrogen-bond donors (Lipinski definition) is 0. The van der Waals surface area contributed by atoms with E-state index in [0.29, 0.717) is 16.0 Å². The van der Waals surface area contributed by atoms with E-state index in [0.717, 1.165) is 12.3 Å². The second-order valence-electron chi connectivity index (χ2n) is 4.10. The Kier molecular flexibility index (Phi) is 2.72. The molecule has 1 aliphatic carbocycles. The maximum atomic E-state index is 5.97. The van der Waals surface area contributed by atoms with E-state index in [1.54, 1.807) is 0 Å². The minimum atomic E-state index is 0.218. The van der Waals surface area contributed by atoms with Gasteiger partial charge in [0.1, 0.15) is 0 Å². The number of benzene rings is 1. The first-order chi connectivity index (χ1) is 6.58. The zero-order valence-corrected chi connectivity index (χ0v) is 10.1. The highest BCUT2D eigenvalue weighted by Gasteiger charge is 2.50. The molecule has 0 spiro atoms. The van der Waals surface area contributed by atoms with Gasteiger partial charge < -0.3 is 0 Å². The number of hydrogen-bond acceptors (Lipinski definition) is 0. The third-order valence-corrected chi connectivity index (χ3v) is 4.29. The van der Waals surface area contributed by atoms with Crippen molar-refractivity contribution in [2.24, 2.45) is 5.92 Å². The summed E-state index contributed by atoms with van der Waals surface area (Å²) in [7, 11) is 0. The van der Waals surface area contributed by atoms with Crippen LogP contribution in [-0.4, -0.2) is 5.88 Å². The van der Waals surface area contributed by atoms with Crippen molar-refractivity contribution in [2.45, 2.75) is 18.8 Å². The lowest BCUT2D eigenvalue weighted by molar-refractivity contribution is 0.706. The van der Waals surface area contributed by atoms with Crippen LogP contribution in [0.15, 0.2) is 18.2 Å². The molecule has 0 N–H and O–H groups in total. The largest absolute Gasteiger partial charge is 0.126 e. The molecule has 1 saturated carbocycles. The predicted molar refractivity (Wildman–Crippen MR) is 62.6 cm³/mol. The highest BCUT2D eigenvalue weighted by Crippen LogP contribution is 2.54. The fraction of sp³-hybridized carbons (Fsp3) is 0.455. The normalized spacial score (nSPS) is 30.4. The molecule has 2 atom stereocenters. The van der Waals surface area contributed by atoms with Gasteiger partial charge in [-0.1, -0.05) is 36.2 Å². The SMILES string of the molecule is C[C@]1(c2ccc(Cl)c(Cl)c2)C[C@@H]1CCl. The van der Waals surface area contributed by atoms with Crippen LogP contribution in [0.25, 0.3) is 0 Å². The smallest absolute Gasteiger partial charge is 0.0595 e.